The van der Waals surface area contributed by atoms with Gasteiger partial charge < -0.3 is 14.3 Å². The first-order valence-electron chi connectivity index (χ1n) is 4.70. The Labute approximate surface area is 92.2 Å². The minimum Gasteiger partial charge on any atom is -0.355 e. The fraction of sp³-hybridized carbons (Fsp3) is 0.667. The van der Waals surface area contributed by atoms with Crippen LogP contribution in [0.1, 0.15) is 19.3 Å². The van der Waals surface area contributed by atoms with E-state index in [0.717, 1.165) is 0 Å². The smallest absolute Gasteiger partial charge is 0.338 e. The molecular formula is C9H13NO6. The molecule has 0 N–H and O–H groups in total. The topological polar surface area (TPSA) is 82.1 Å². The Morgan fingerprint density at radius 3 is 2.19 bits per heavy atom. The second kappa shape index (κ2) is 5.57. The molecule has 0 aromatic heterocycles. The monoisotopic (exact) mass is 231 g/mol. The molecule has 1 aliphatic heterocycles. The van der Waals surface area contributed by atoms with Gasteiger partial charge in [0, 0.05) is 27.1 Å². The van der Waals surface area contributed by atoms with Crippen molar-refractivity contribution in [2.24, 2.45) is 0 Å². The zero-order chi connectivity index (χ0) is 12.1. The van der Waals surface area contributed by atoms with Crippen LogP contribution in [0, 0.1) is 0 Å². The van der Waals surface area contributed by atoms with Crippen LogP contribution in [-0.2, 0) is 28.7 Å². The summed E-state index contributed by atoms with van der Waals surface area (Å²) < 4.78 is 9.55. The van der Waals surface area contributed by atoms with E-state index in [1.165, 1.54) is 14.2 Å². The first-order valence-corrected chi connectivity index (χ1v) is 4.70. The molecule has 7 nitrogen and oxygen atoms in total. The predicted octanol–water partition coefficient (Wildman–Crippen LogP) is -0.397. The molecule has 0 radical (unpaired) electrons. The van der Waals surface area contributed by atoms with Crippen LogP contribution in [0.2, 0.25) is 0 Å². The van der Waals surface area contributed by atoms with Gasteiger partial charge in [0.25, 0.3) is 11.8 Å². The zero-order valence-corrected chi connectivity index (χ0v) is 9.10. The molecule has 0 atom stereocenters. The Bertz CT molecular complexity index is 282. The largest absolute Gasteiger partial charge is 0.355 e. The quantitative estimate of drug-likeness (QED) is 0.473. The van der Waals surface area contributed by atoms with E-state index in [2.05, 4.69) is 4.84 Å². The highest BCUT2D eigenvalue weighted by Crippen LogP contribution is 2.13. The number of methoxy groups -OCH3 is 2. The molecule has 1 saturated heterocycles. The van der Waals surface area contributed by atoms with Crippen LogP contribution in [0.25, 0.3) is 0 Å². The molecule has 0 spiro atoms. The van der Waals surface area contributed by atoms with Gasteiger partial charge in [0.05, 0.1) is 6.42 Å². The first-order chi connectivity index (χ1) is 7.58. The summed E-state index contributed by atoms with van der Waals surface area (Å²) >= 11 is 0. The van der Waals surface area contributed by atoms with E-state index in [4.69, 9.17) is 9.47 Å². The van der Waals surface area contributed by atoms with Gasteiger partial charge in [-0.25, -0.2) is 4.79 Å². The molecule has 0 unspecified atom stereocenters. The highest BCUT2D eigenvalue weighted by molar-refractivity contribution is 6.01. The molecule has 2 amide bonds. The summed E-state index contributed by atoms with van der Waals surface area (Å²) in [5, 5.41) is 0.491. The van der Waals surface area contributed by atoms with Crippen molar-refractivity contribution in [2.45, 2.75) is 25.6 Å². The highest BCUT2D eigenvalue weighted by Gasteiger charge is 2.33. The summed E-state index contributed by atoms with van der Waals surface area (Å²) in [6, 6.07) is 0. The summed E-state index contributed by atoms with van der Waals surface area (Å²) in [4.78, 5) is 38.1. The van der Waals surface area contributed by atoms with Gasteiger partial charge in [0.1, 0.15) is 0 Å². The van der Waals surface area contributed by atoms with E-state index >= 15 is 0 Å². The number of hydroxylamine groups is 2. The lowest BCUT2D eigenvalue weighted by atomic mass is 10.4. The van der Waals surface area contributed by atoms with Crippen LogP contribution in [0.15, 0.2) is 0 Å². The number of ether oxygens (including phenoxy) is 2. The van der Waals surface area contributed by atoms with Gasteiger partial charge in [0.2, 0.25) is 0 Å². The second-order valence-corrected chi connectivity index (χ2v) is 3.15. The van der Waals surface area contributed by atoms with Gasteiger partial charge in [-0.2, -0.15) is 0 Å². The molecule has 0 aliphatic carbocycles. The molecule has 1 aliphatic rings. The van der Waals surface area contributed by atoms with Crippen molar-refractivity contribution in [3.8, 4) is 0 Å². The summed E-state index contributed by atoms with van der Waals surface area (Å²) in [6.45, 7) is 0. The summed E-state index contributed by atoms with van der Waals surface area (Å²) in [7, 11) is 2.74. The number of hydrogen-bond donors (Lipinski definition) is 0. The minimum absolute atomic E-state index is 0.0735. The maximum absolute atomic E-state index is 11.3. The fourth-order valence-corrected chi connectivity index (χ4v) is 1.20. The SMILES string of the molecule is COC(CC(=O)ON1C(=O)CCC1=O)OC. The molecular weight excluding hydrogens is 218 g/mol. The Morgan fingerprint density at radius 2 is 1.75 bits per heavy atom. The van der Waals surface area contributed by atoms with Crippen molar-refractivity contribution in [1.29, 1.82) is 0 Å². The second-order valence-electron chi connectivity index (χ2n) is 3.15. The molecule has 0 saturated carbocycles. The predicted molar refractivity (Wildman–Crippen MR) is 49.6 cm³/mol. The molecule has 0 aromatic carbocycles. The number of amides is 2. The lowest BCUT2D eigenvalue weighted by Gasteiger charge is -2.15. The number of nitrogens with zero attached hydrogens (tertiary/aromatic N) is 1. The Kier molecular flexibility index (Phi) is 4.39. The fourth-order valence-electron chi connectivity index (χ4n) is 1.20. The van der Waals surface area contributed by atoms with Gasteiger partial charge in [-0.05, 0) is 0 Å². The Balaban J connectivity index is 2.45. The summed E-state index contributed by atoms with van der Waals surface area (Å²) in [5.74, 6) is -1.77. The van der Waals surface area contributed by atoms with Gasteiger partial charge in [-0.15, -0.1) is 5.06 Å². The van der Waals surface area contributed by atoms with Gasteiger partial charge in [0.15, 0.2) is 6.29 Å². The van der Waals surface area contributed by atoms with E-state index in [1.54, 1.807) is 0 Å². The van der Waals surface area contributed by atoms with Crippen molar-refractivity contribution >= 4 is 17.8 Å². The number of rotatable bonds is 5. The highest BCUT2D eigenvalue weighted by atomic mass is 16.7. The molecule has 1 fully saturated rings. The summed E-state index contributed by atoms with van der Waals surface area (Å²) in [5.41, 5.74) is 0. The van der Waals surface area contributed by atoms with Crippen molar-refractivity contribution < 1.29 is 28.7 Å². The van der Waals surface area contributed by atoms with E-state index < -0.39 is 24.1 Å². The third-order valence-corrected chi connectivity index (χ3v) is 2.06. The number of carbonyl (C=O) groups is 3. The lowest BCUT2D eigenvalue weighted by Crippen LogP contribution is -2.33. The van der Waals surface area contributed by atoms with E-state index in [0.29, 0.717) is 5.06 Å². The minimum atomic E-state index is -0.752. The van der Waals surface area contributed by atoms with Crippen LogP contribution in [0.4, 0.5) is 0 Å². The van der Waals surface area contributed by atoms with Crippen molar-refractivity contribution in [3.63, 3.8) is 0 Å². The van der Waals surface area contributed by atoms with E-state index in [1.807, 2.05) is 0 Å². The number of carbonyl (C=O) groups excluding carboxylic acids is 3. The molecule has 1 rings (SSSR count). The standard InChI is InChI=1S/C9H13NO6/c1-14-9(15-2)5-8(13)16-10-6(11)3-4-7(10)12/h9H,3-5H2,1-2H3. The third-order valence-electron chi connectivity index (χ3n) is 2.06. The average molecular weight is 231 g/mol. The molecule has 90 valence electrons. The molecule has 0 bridgehead atoms. The molecule has 0 aromatic rings. The third kappa shape index (κ3) is 3.01. The van der Waals surface area contributed by atoms with Crippen molar-refractivity contribution in [3.05, 3.63) is 0 Å². The van der Waals surface area contributed by atoms with Crippen LogP contribution >= 0.6 is 0 Å². The van der Waals surface area contributed by atoms with Crippen molar-refractivity contribution in [1.82, 2.24) is 5.06 Å². The van der Waals surface area contributed by atoms with Crippen LogP contribution in [-0.4, -0.2) is 43.4 Å². The molecule has 1 heterocycles. The Hall–Kier alpha value is -1.47. The van der Waals surface area contributed by atoms with Crippen LogP contribution < -0.4 is 0 Å². The normalized spacial score (nSPS) is 16.1. The van der Waals surface area contributed by atoms with Gasteiger partial charge >= 0.3 is 5.97 Å². The average Bonchev–Trinajstić information content (AvgIpc) is 2.57. The number of imide groups is 1. The number of hydrogen-bond acceptors (Lipinski definition) is 6. The maximum atomic E-state index is 11.3. The zero-order valence-electron chi connectivity index (χ0n) is 9.10. The maximum Gasteiger partial charge on any atom is 0.338 e. The van der Waals surface area contributed by atoms with Crippen LogP contribution in [0.5, 0.6) is 0 Å². The Morgan fingerprint density at radius 1 is 1.25 bits per heavy atom. The van der Waals surface area contributed by atoms with Crippen LogP contribution in [0.3, 0.4) is 0 Å². The van der Waals surface area contributed by atoms with Gasteiger partial charge in [-0.3, -0.25) is 9.59 Å². The van der Waals surface area contributed by atoms with Gasteiger partial charge in [-0.1, -0.05) is 0 Å². The first kappa shape index (κ1) is 12.6. The lowest BCUT2D eigenvalue weighted by molar-refractivity contribution is -0.203. The van der Waals surface area contributed by atoms with Crippen molar-refractivity contribution in [2.75, 3.05) is 14.2 Å². The summed E-state index contributed by atoms with van der Waals surface area (Å²) in [6.07, 6.45) is -0.793. The van der Waals surface area contributed by atoms with E-state index in [9.17, 15) is 14.4 Å². The molecule has 16 heavy (non-hydrogen) atoms. The molecule has 7 heteroatoms. The van der Waals surface area contributed by atoms with E-state index in [-0.39, 0.29) is 19.3 Å².